The zero-order chi connectivity index (χ0) is 21.9. The number of benzene rings is 2. The van der Waals surface area contributed by atoms with E-state index in [2.05, 4.69) is 15.0 Å². The second-order valence-corrected chi connectivity index (χ2v) is 7.80. The molecule has 0 saturated carbocycles. The number of ether oxygens (including phenoxy) is 2. The first-order chi connectivity index (χ1) is 15.7. The van der Waals surface area contributed by atoms with Gasteiger partial charge in [0.2, 0.25) is 11.7 Å². The second-order valence-electron chi connectivity index (χ2n) is 7.80. The van der Waals surface area contributed by atoms with Gasteiger partial charge < -0.3 is 18.9 Å². The highest BCUT2D eigenvalue weighted by atomic mass is 16.5. The van der Waals surface area contributed by atoms with Crippen molar-refractivity contribution in [3.05, 3.63) is 65.6 Å². The fourth-order valence-electron chi connectivity index (χ4n) is 3.92. The zero-order valence-corrected chi connectivity index (χ0v) is 17.9. The molecule has 1 saturated heterocycles. The number of para-hydroxylation sites is 1. The molecule has 8 nitrogen and oxygen atoms in total. The van der Waals surface area contributed by atoms with Gasteiger partial charge in [-0.15, -0.1) is 0 Å². The van der Waals surface area contributed by atoms with Crippen LogP contribution in [0.15, 0.2) is 58.6 Å². The van der Waals surface area contributed by atoms with Gasteiger partial charge >= 0.3 is 0 Å². The number of carbonyl (C=O) groups is 1. The molecule has 0 spiro atoms. The summed E-state index contributed by atoms with van der Waals surface area (Å²) >= 11 is 0. The van der Waals surface area contributed by atoms with E-state index in [1.54, 1.807) is 7.11 Å². The lowest BCUT2D eigenvalue weighted by molar-refractivity contribution is -0.129. The lowest BCUT2D eigenvalue weighted by Gasteiger charge is -2.34. The highest BCUT2D eigenvalue weighted by molar-refractivity contribution is 5.99. The summed E-state index contributed by atoms with van der Waals surface area (Å²) in [5.74, 6) is 2.77. The smallest absolute Gasteiger partial charge is 0.253 e. The number of carbonyl (C=O) groups excluding carboxylic acids is 1. The average molecular weight is 432 g/mol. The van der Waals surface area contributed by atoms with Crippen LogP contribution in [0, 0.1) is 0 Å². The number of fused-ring (bicyclic) bond motifs is 1. The summed E-state index contributed by atoms with van der Waals surface area (Å²) in [6.45, 7) is 3.67. The molecule has 0 aliphatic carbocycles. The molecule has 0 radical (unpaired) electrons. The topological polar surface area (TPSA) is 80.9 Å². The number of piperazine rings is 1. The summed E-state index contributed by atoms with van der Waals surface area (Å²) in [5, 5.41) is 4.09. The van der Waals surface area contributed by atoms with E-state index in [-0.39, 0.29) is 5.91 Å². The summed E-state index contributed by atoms with van der Waals surface area (Å²) in [4.78, 5) is 21.6. The first kappa shape index (κ1) is 20.3. The van der Waals surface area contributed by atoms with Crippen molar-refractivity contribution in [1.29, 1.82) is 0 Å². The van der Waals surface area contributed by atoms with Crippen molar-refractivity contribution in [3.8, 4) is 22.9 Å². The Balaban J connectivity index is 1.16. The molecule has 2 aliphatic rings. The van der Waals surface area contributed by atoms with Gasteiger partial charge in [-0.3, -0.25) is 9.69 Å². The van der Waals surface area contributed by atoms with Gasteiger partial charge in [0.05, 0.1) is 19.2 Å². The Labute approximate surface area is 186 Å². The van der Waals surface area contributed by atoms with Crippen LogP contribution < -0.4 is 9.47 Å². The van der Waals surface area contributed by atoms with E-state index in [9.17, 15) is 4.79 Å². The number of hydrogen-bond acceptors (Lipinski definition) is 7. The molecule has 5 rings (SSSR count). The predicted molar refractivity (Wildman–Crippen MR) is 118 cm³/mol. The minimum absolute atomic E-state index is 0.0405. The maximum atomic E-state index is 12.9. The molecule has 164 valence electrons. The third kappa shape index (κ3) is 4.22. The van der Waals surface area contributed by atoms with Gasteiger partial charge in [0.1, 0.15) is 18.1 Å². The van der Waals surface area contributed by atoms with Gasteiger partial charge in [-0.05, 0) is 36.4 Å². The average Bonchev–Trinajstić information content (AvgIpc) is 3.32. The molecule has 1 fully saturated rings. The standard InChI is InChI=1S/C24H24N4O4/c1-30-20-8-6-17(7-9-20)23-25-22(32-26-23)15-27-10-12-28(13-11-27)24(29)19-14-18-4-2-3-5-21(18)31-16-19/h2-9,14H,10-13,15-16H2,1H3. The van der Waals surface area contributed by atoms with Gasteiger partial charge in [0.15, 0.2) is 0 Å². The molecule has 2 aliphatic heterocycles. The van der Waals surface area contributed by atoms with E-state index in [1.165, 1.54) is 0 Å². The first-order valence-electron chi connectivity index (χ1n) is 10.6. The minimum Gasteiger partial charge on any atom is -0.497 e. The van der Waals surface area contributed by atoms with Crippen molar-refractivity contribution in [2.45, 2.75) is 6.54 Å². The molecule has 8 heteroatoms. The van der Waals surface area contributed by atoms with Gasteiger partial charge in [-0.2, -0.15) is 4.98 Å². The molecule has 1 aromatic heterocycles. The molecule has 3 aromatic rings. The number of methoxy groups -OCH3 is 1. The molecule has 32 heavy (non-hydrogen) atoms. The van der Waals surface area contributed by atoms with Crippen LogP contribution in [-0.4, -0.2) is 65.7 Å². The molecule has 3 heterocycles. The van der Waals surface area contributed by atoms with E-state index in [1.807, 2.05) is 59.5 Å². The lowest BCUT2D eigenvalue weighted by atomic mass is 10.1. The van der Waals surface area contributed by atoms with Crippen LogP contribution >= 0.6 is 0 Å². The van der Waals surface area contributed by atoms with Crippen LogP contribution in [0.4, 0.5) is 0 Å². The highest BCUT2D eigenvalue weighted by Crippen LogP contribution is 2.27. The minimum atomic E-state index is 0.0405. The van der Waals surface area contributed by atoms with Crippen molar-refractivity contribution >= 4 is 12.0 Å². The molecule has 0 N–H and O–H groups in total. The van der Waals surface area contributed by atoms with E-state index in [4.69, 9.17) is 14.0 Å². The lowest BCUT2D eigenvalue weighted by Crippen LogP contribution is -2.49. The number of nitrogens with zero attached hydrogens (tertiary/aromatic N) is 4. The van der Waals surface area contributed by atoms with Crippen LogP contribution in [0.3, 0.4) is 0 Å². The van der Waals surface area contributed by atoms with Crippen LogP contribution in [0.1, 0.15) is 11.5 Å². The van der Waals surface area contributed by atoms with Crippen molar-refractivity contribution in [2.24, 2.45) is 0 Å². The molecule has 2 aromatic carbocycles. The molecule has 1 amide bonds. The first-order valence-corrected chi connectivity index (χ1v) is 10.6. The SMILES string of the molecule is COc1ccc(-c2noc(CN3CCN(C(=O)C4=Cc5ccccc5OC4)CC3)n2)cc1. The Bertz CT molecular complexity index is 1130. The van der Waals surface area contributed by atoms with Crippen molar-refractivity contribution in [2.75, 3.05) is 39.9 Å². The summed E-state index contributed by atoms with van der Waals surface area (Å²) in [5.41, 5.74) is 2.52. The van der Waals surface area contributed by atoms with Crippen LogP contribution in [0.2, 0.25) is 0 Å². The normalized spacial score (nSPS) is 16.2. The Kier molecular flexibility index (Phi) is 5.60. The van der Waals surface area contributed by atoms with Crippen LogP contribution in [0.25, 0.3) is 17.5 Å². The fraction of sp³-hybridized carbons (Fsp3) is 0.292. The van der Waals surface area contributed by atoms with Crippen molar-refractivity contribution in [1.82, 2.24) is 19.9 Å². The van der Waals surface area contributed by atoms with Gasteiger partial charge in [0, 0.05) is 37.3 Å². The van der Waals surface area contributed by atoms with Gasteiger partial charge in [-0.1, -0.05) is 23.4 Å². The third-order valence-corrected chi connectivity index (χ3v) is 5.74. The maximum absolute atomic E-state index is 12.9. The van der Waals surface area contributed by atoms with E-state index < -0.39 is 0 Å². The quantitative estimate of drug-likeness (QED) is 0.613. The fourth-order valence-corrected chi connectivity index (χ4v) is 3.92. The third-order valence-electron chi connectivity index (χ3n) is 5.74. The molecular formula is C24H24N4O4. The monoisotopic (exact) mass is 432 g/mol. The predicted octanol–water partition coefficient (Wildman–Crippen LogP) is 2.87. The molecular weight excluding hydrogens is 408 g/mol. The van der Waals surface area contributed by atoms with Gasteiger partial charge in [0.25, 0.3) is 5.91 Å². The number of amides is 1. The Morgan fingerprint density at radius 2 is 1.84 bits per heavy atom. The van der Waals surface area contributed by atoms with E-state index in [0.29, 0.717) is 43.5 Å². The van der Waals surface area contributed by atoms with Crippen molar-refractivity contribution < 1.29 is 18.8 Å². The number of hydrogen-bond donors (Lipinski definition) is 0. The second kappa shape index (κ2) is 8.84. The summed E-state index contributed by atoms with van der Waals surface area (Å²) in [7, 11) is 1.63. The number of aromatic nitrogens is 2. The van der Waals surface area contributed by atoms with Crippen molar-refractivity contribution in [3.63, 3.8) is 0 Å². The molecule has 0 bridgehead atoms. The van der Waals surface area contributed by atoms with E-state index in [0.717, 1.165) is 35.7 Å². The zero-order valence-electron chi connectivity index (χ0n) is 17.9. The molecule has 0 unspecified atom stereocenters. The largest absolute Gasteiger partial charge is 0.497 e. The van der Waals surface area contributed by atoms with E-state index >= 15 is 0 Å². The summed E-state index contributed by atoms with van der Waals surface area (Å²) < 4.78 is 16.4. The molecule has 0 atom stereocenters. The highest BCUT2D eigenvalue weighted by Gasteiger charge is 2.26. The Morgan fingerprint density at radius 3 is 2.62 bits per heavy atom. The Hall–Kier alpha value is -3.65. The van der Waals surface area contributed by atoms with Crippen LogP contribution in [-0.2, 0) is 11.3 Å². The van der Waals surface area contributed by atoms with Gasteiger partial charge in [-0.25, -0.2) is 0 Å². The Morgan fingerprint density at radius 1 is 1.06 bits per heavy atom. The van der Waals surface area contributed by atoms with Crippen LogP contribution in [0.5, 0.6) is 11.5 Å². The number of rotatable bonds is 5. The summed E-state index contributed by atoms with van der Waals surface area (Å²) in [6, 6.07) is 15.3. The summed E-state index contributed by atoms with van der Waals surface area (Å²) in [6.07, 6.45) is 1.94. The maximum Gasteiger partial charge on any atom is 0.253 e.